The zero-order chi connectivity index (χ0) is 25.7. The average molecular weight is 500 g/mol. The molecular formula is C21H37N7O5S. The molecule has 1 aromatic heterocycles. The summed E-state index contributed by atoms with van der Waals surface area (Å²) in [6.07, 6.45) is 4.62. The van der Waals surface area contributed by atoms with Crippen molar-refractivity contribution in [1.82, 2.24) is 25.9 Å². The number of unbranched alkanes of at least 4 members (excludes halogenated alkanes) is 1. The third-order valence-corrected chi connectivity index (χ3v) is 5.44. The Bertz CT molecular complexity index is 790. The molecule has 3 amide bonds. The van der Waals surface area contributed by atoms with Crippen LogP contribution >= 0.6 is 12.6 Å². The molecule has 0 aromatic carbocycles. The number of imidazole rings is 1. The van der Waals surface area contributed by atoms with Gasteiger partial charge in [-0.05, 0) is 38.1 Å². The van der Waals surface area contributed by atoms with E-state index in [1.807, 2.05) is 13.8 Å². The van der Waals surface area contributed by atoms with Gasteiger partial charge >= 0.3 is 5.97 Å². The molecule has 0 fully saturated rings. The molecule has 1 rings (SSSR count). The molecule has 1 aromatic rings. The van der Waals surface area contributed by atoms with Gasteiger partial charge in [-0.2, -0.15) is 12.6 Å². The van der Waals surface area contributed by atoms with Crippen LogP contribution in [0.2, 0.25) is 0 Å². The molecule has 0 radical (unpaired) electrons. The quantitative estimate of drug-likeness (QED) is 0.103. The molecule has 0 saturated carbocycles. The number of nitrogens with zero attached hydrogens (tertiary/aromatic N) is 1. The van der Waals surface area contributed by atoms with E-state index < -0.39 is 47.9 Å². The molecule has 0 bridgehead atoms. The lowest BCUT2D eigenvalue weighted by Gasteiger charge is -2.26. The number of H-pyrrole nitrogens is 1. The maximum absolute atomic E-state index is 13.0. The molecule has 0 saturated heterocycles. The molecule has 0 aliphatic rings. The Labute approximate surface area is 204 Å². The van der Waals surface area contributed by atoms with Crippen molar-refractivity contribution in [3.05, 3.63) is 18.2 Å². The second kappa shape index (κ2) is 15.3. The maximum Gasteiger partial charge on any atom is 0.326 e. The van der Waals surface area contributed by atoms with Gasteiger partial charge in [0.2, 0.25) is 17.7 Å². The number of amides is 3. The number of nitrogens with two attached hydrogens (primary N) is 2. The maximum atomic E-state index is 13.0. The van der Waals surface area contributed by atoms with E-state index in [4.69, 9.17) is 11.5 Å². The molecule has 1 heterocycles. The molecule has 192 valence electrons. The molecule has 4 atom stereocenters. The molecule has 34 heavy (non-hydrogen) atoms. The average Bonchev–Trinajstić information content (AvgIpc) is 3.29. The smallest absolute Gasteiger partial charge is 0.326 e. The number of carboxylic acid groups (broad SMARTS) is 1. The summed E-state index contributed by atoms with van der Waals surface area (Å²) in [4.78, 5) is 56.6. The van der Waals surface area contributed by atoms with E-state index in [0.29, 0.717) is 31.5 Å². The van der Waals surface area contributed by atoms with Gasteiger partial charge in [-0.25, -0.2) is 9.78 Å². The van der Waals surface area contributed by atoms with E-state index in [0.717, 1.165) is 0 Å². The van der Waals surface area contributed by atoms with Gasteiger partial charge in [0.05, 0.1) is 12.4 Å². The Morgan fingerprint density at radius 2 is 1.68 bits per heavy atom. The number of aliphatic carboxylic acids is 1. The van der Waals surface area contributed by atoms with E-state index >= 15 is 0 Å². The van der Waals surface area contributed by atoms with Crippen LogP contribution in [0.5, 0.6) is 0 Å². The number of rotatable bonds is 16. The SMILES string of the molecule is CC(C)CC(NC(=O)C(N)CS)C(=O)NC(CCCCN)C(=O)NC(Cc1cnc[nH]1)C(=O)O. The van der Waals surface area contributed by atoms with Gasteiger partial charge in [-0.15, -0.1) is 0 Å². The zero-order valence-corrected chi connectivity index (χ0v) is 20.5. The second-order valence-electron chi connectivity index (χ2n) is 8.51. The summed E-state index contributed by atoms with van der Waals surface area (Å²) in [6, 6.07) is -4.02. The summed E-state index contributed by atoms with van der Waals surface area (Å²) in [5, 5.41) is 17.3. The standard InChI is InChI=1S/C21H37N7O5S/c1-12(2)7-16(27-18(29)14(23)10-34)20(31)26-15(5-3-4-6-22)19(30)28-17(21(32)33)8-13-9-24-11-25-13/h9,11-12,14-17,34H,3-8,10,22-23H2,1-2H3,(H,24,25)(H,26,31)(H,27,29)(H,28,30)(H,32,33). The lowest BCUT2D eigenvalue weighted by Crippen LogP contribution is -2.57. The highest BCUT2D eigenvalue weighted by atomic mass is 32.1. The predicted molar refractivity (Wildman–Crippen MR) is 130 cm³/mol. The van der Waals surface area contributed by atoms with E-state index in [1.54, 1.807) is 0 Å². The van der Waals surface area contributed by atoms with Crippen LogP contribution in [0.25, 0.3) is 0 Å². The Morgan fingerprint density at radius 1 is 1.06 bits per heavy atom. The Hall–Kier alpha value is -2.64. The zero-order valence-electron chi connectivity index (χ0n) is 19.6. The molecule has 0 spiro atoms. The van der Waals surface area contributed by atoms with Crippen molar-refractivity contribution < 1.29 is 24.3 Å². The van der Waals surface area contributed by atoms with Gasteiger partial charge < -0.3 is 37.5 Å². The number of aromatic amines is 1. The third-order valence-electron chi connectivity index (χ3n) is 5.05. The highest BCUT2D eigenvalue weighted by Gasteiger charge is 2.30. The van der Waals surface area contributed by atoms with Gasteiger partial charge in [-0.1, -0.05) is 13.8 Å². The minimum atomic E-state index is -1.22. The van der Waals surface area contributed by atoms with Crippen molar-refractivity contribution in [3.63, 3.8) is 0 Å². The van der Waals surface area contributed by atoms with E-state index in [9.17, 15) is 24.3 Å². The van der Waals surface area contributed by atoms with Gasteiger partial charge in [0.1, 0.15) is 18.1 Å². The summed E-state index contributed by atoms with van der Waals surface area (Å²) in [5.74, 6) is -2.76. The van der Waals surface area contributed by atoms with Gasteiger partial charge in [-0.3, -0.25) is 14.4 Å². The summed E-state index contributed by atoms with van der Waals surface area (Å²) in [7, 11) is 0. The van der Waals surface area contributed by atoms with Crippen molar-refractivity contribution in [2.75, 3.05) is 12.3 Å². The second-order valence-corrected chi connectivity index (χ2v) is 8.87. The van der Waals surface area contributed by atoms with Crippen molar-refractivity contribution in [1.29, 1.82) is 0 Å². The summed E-state index contributed by atoms with van der Waals surface area (Å²) in [6.45, 7) is 4.19. The Balaban J connectivity index is 2.96. The van der Waals surface area contributed by atoms with Gasteiger partial charge in [0.25, 0.3) is 0 Å². The number of carbonyl (C=O) groups is 4. The number of nitrogens with one attached hydrogen (secondary N) is 4. The first-order chi connectivity index (χ1) is 16.1. The fourth-order valence-corrected chi connectivity index (χ4v) is 3.35. The largest absolute Gasteiger partial charge is 0.480 e. The summed E-state index contributed by atoms with van der Waals surface area (Å²) < 4.78 is 0. The molecule has 9 N–H and O–H groups in total. The van der Waals surface area contributed by atoms with Crippen LogP contribution in [0, 0.1) is 5.92 Å². The molecule has 0 aliphatic heterocycles. The van der Waals surface area contributed by atoms with Crippen LogP contribution in [0.15, 0.2) is 12.5 Å². The highest BCUT2D eigenvalue weighted by Crippen LogP contribution is 2.09. The molecular weight excluding hydrogens is 462 g/mol. The van der Waals surface area contributed by atoms with Crippen molar-refractivity contribution >= 4 is 36.3 Å². The number of hydrogen-bond acceptors (Lipinski definition) is 8. The van der Waals surface area contributed by atoms with E-state index in [2.05, 4.69) is 38.5 Å². The molecule has 13 heteroatoms. The van der Waals surface area contributed by atoms with E-state index in [1.165, 1.54) is 12.5 Å². The predicted octanol–water partition coefficient (Wildman–Crippen LogP) is -1.08. The third kappa shape index (κ3) is 10.5. The van der Waals surface area contributed by atoms with Gasteiger partial charge in [0, 0.05) is 24.1 Å². The van der Waals surface area contributed by atoms with Crippen LogP contribution in [-0.2, 0) is 25.6 Å². The van der Waals surface area contributed by atoms with Gasteiger partial charge in [0.15, 0.2) is 0 Å². The molecule has 4 unspecified atom stereocenters. The summed E-state index contributed by atoms with van der Waals surface area (Å²) >= 11 is 4.00. The van der Waals surface area contributed by atoms with Crippen molar-refractivity contribution in [2.24, 2.45) is 17.4 Å². The number of aromatic nitrogens is 2. The lowest BCUT2D eigenvalue weighted by molar-refractivity contribution is -0.142. The fraction of sp³-hybridized carbons (Fsp3) is 0.667. The van der Waals surface area contributed by atoms with E-state index in [-0.39, 0.29) is 24.5 Å². The van der Waals surface area contributed by atoms with Crippen LogP contribution in [0.1, 0.15) is 45.2 Å². The number of carbonyl (C=O) groups excluding carboxylic acids is 3. The first-order valence-corrected chi connectivity index (χ1v) is 11.9. The topological polar surface area (TPSA) is 205 Å². The van der Waals surface area contributed by atoms with Crippen LogP contribution < -0.4 is 27.4 Å². The Morgan fingerprint density at radius 3 is 2.21 bits per heavy atom. The number of hydrogen-bond donors (Lipinski definition) is 8. The van der Waals surface area contributed by atoms with Crippen LogP contribution in [0.4, 0.5) is 0 Å². The van der Waals surface area contributed by atoms with Crippen molar-refractivity contribution in [2.45, 2.75) is 70.1 Å². The normalized spacial score (nSPS) is 14.6. The fourth-order valence-electron chi connectivity index (χ4n) is 3.19. The highest BCUT2D eigenvalue weighted by molar-refractivity contribution is 7.80. The minimum Gasteiger partial charge on any atom is -0.480 e. The lowest BCUT2D eigenvalue weighted by atomic mass is 10.0. The minimum absolute atomic E-state index is 0.00180. The number of carboxylic acids is 1. The van der Waals surface area contributed by atoms with Crippen LogP contribution in [0.3, 0.4) is 0 Å². The van der Waals surface area contributed by atoms with Crippen molar-refractivity contribution in [3.8, 4) is 0 Å². The summed E-state index contributed by atoms with van der Waals surface area (Å²) in [5.41, 5.74) is 11.8. The molecule has 0 aliphatic carbocycles. The monoisotopic (exact) mass is 499 g/mol. The number of thiol groups is 1. The van der Waals surface area contributed by atoms with Crippen LogP contribution in [-0.4, -0.2) is 75.2 Å². The first kappa shape index (κ1) is 29.4. The first-order valence-electron chi connectivity index (χ1n) is 11.3. The molecule has 12 nitrogen and oxygen atoms in total. The Kier molecular flexibility index (Phi) is 13.2.